The Labute approximate surface area is 161 Å². The van der Waals surface area contributed by atoms with Crippen LogP contribution in [-0.2, 0) is 30.1 Å². The van der Waals surface area contributed by atoms with Gasteiger partial charge in [0.1, 0.15) is 0 Å². The molecule has 0 amide bonds. The minimum Gasteiger partial charge on any atom is -0.280 e. The Bertz CT molecular complexity index is 1100. The highest BCUT2D eigenvalue weighted by Gasteiger charge is 2.29. The van der Waals surface area contributed by atoms with E-state index >= 15 is 0 Å². The summed E-state index contributed by atoms with van der Waals surface area (Å²) in [4.78, 5) is 0.0501. The maximum Gasteiger partial charge on any atom is 0.261 e. The first-order valence-corrected chi connectivity index (χ1v) is 12.9. The van der Waals surface area contributed by atoms with Gasteiger partial charge in [-0.25, -0.2) is 25.3 Å². The molecule has 12 heteroatoms. The van der Waals surface area contributed by atoms with Gasteiger partial charge in [-0.05, 0) is 46.3 Å². The highest BCUT2D eigenvalue weighted by Crippen LogP contribution is 2.33. The molecular formula is C14H15BrN2O6S3. The van der Waals surface area contributed by atoms with Gasteiger partial charge in [0.25, 0.3) is 10.0 Å². The molecule has 0 fully saturated rings. The third-order valence-corrected chi connectivity index (χ3v) is 8.31. The number of hydrogen-bond donors (Lipinski definition) is 1. The van der Waals surface area contributed by atoms with Gasteiger partial charge in [-0.2, -0.15) is 3.71 Å². The highest BCUT2D eigenvalue weighted by atomic mass is 79.9. The summed E-state index contributed by atoms with van der Waals surface area (Å²) in [5.41, 5.74) is -0.0240. The van der Waals surface area contributed by atoms with E-state index in [1.165, 1.54) is 30.3 Å². The lowest BCUT2D eigenvalue weighted by Crippen LogP contribution is -2.35. The largest absolute Gasteiger partial charge is 0.280 e. The normalized spacial score (nSPS) is 12.6. The zero-order valence-electron chi connectivity index (χ0n) is 13.6. The van der Waals surface area contributed by atoms with Gasteiger partial charge >= 0.3 is 0 Å². The summed E-state index contributed by atoms with van der Waals surface area (Å²) in [6.45, 7) is 0. The average molecular weight is 483 g/mol. The van der Waals surface area contributed by atoms with Gasteiger partial charge < -0.3 is 0 Å². The second-order valence-corrected chi connectivity index (χ2v) is 11.7. The average Bonchev–Trinajstić information content (AvgIpc) is 2.48. The van der Waals surface area contributed by atoms with Crippen molar-refractivity contribution in [3.8, 4) is 0 Å². The zero-order chi connectivity index (χ0) is 19.8. The number of sulfonamides is 3. The van der Waals surface area contributed by atoms with E-state index in [-0.39, 0.29) is 24.5 Å². The second-order valence-electron chi connectivity index (χ2n) is 5.31. The van der Waals surface area contributed by atoms with Crippen molar-refractivity contribution in [2.45, 2.75) is 4.90 Å². The smallest absolute Gasteiger partial charge is 0.261 e. The molecule has 0 aliphatic heterocycles. The lowest BCUT2D eigenvalue weighted by atomic mass is 10.3. The Morgan fingerprint density at radius 2 is 1.38 bits per heavy atom. The molecule has 0 radical (unpaired) electrons. The molecule has 0 aromatic heterocycles. The third kappa shape index (κ3) is 4.75. The van der Waals surface area contributed by atoms with Crippen LogP contribution < -0.4 is 8.43 Å². The van der Waals surface area contributed by atoms with E-state index in [1.54, 1.807) is 18.2 Å². The minimum atomic E-state index is -4.11. The fourth-order valence-corrected chi connectivity index (χ4v) is 7.00. The molecule has 2 aromatic carbocycles. The van der Waals surface area contributed by atoms with E-state index < -0.39 is 30.1 Å². The summed E-state index contributed by atoms with van der Waals surface area (Å²) < 4.78 is 74.7. The van der Waals surface area contributed by atoms with E-state index in [0.29, 0.717) is 0 Å². The summed E-state index contributed by atoms with van der Waals surface area (Å²) in [6.07, 6.45) is 1.51. The quantitative estimate of drug-likeness (QED) is 0.672. The Balaban J connectivity index is 2.45. The molecule has 0 heterocycles. The second kappa shape index (κ2) is 7.18. The number of hydrogen-bond acceptors (Lipinski definition) is 6. The molecule has 0 bridgehead atoms. The van der Waals surface area contributed by atoms with Crippen LogP contribution in [0.4, 0.5) is 11.4 Å². The van der Waals surface area contributed by atoms with Crippen LogP contribution in [0.15, 0.2) is 57.9 Å². The number of rotatable bonds is 6. The molecule has 0 aliphatic rings. The SMILES string of the molecule is CS(=O)(=O)N(c1ccc(NS(=O)(=O)c2ccccc2)cc1Br)S(C)(=O)=O. The summed E-state index contributed by atoms with van der Waals surface area (Å²) >= 11 is 3.09. The van der Waals surface area contributed by atoms with Gasteiger partial charge in [0.2, 0.25) is 20.0 Å². The van der Waals surface area contributed by atoms with Crippen molar-refractivity contribution >= 4 is 57.4 Å². The molecule has 0 aliphatic carbocycles. The lowest BCUT2D eigenvalue weighted by Gasteiger charge is -2.21. The molecule has 2 rings (SSSR count). The molecule has 142 valence electrons. The summed E-state index contributed by atoms with van der Waals surface area (Å²) in [7, 11) is -12.1. The highest BCUT2D eigenvalue weighted by molar-refractivity contribution is 9.10. The predicted octanol–water partition coefficient (Wildman–Crippen LogP) is 1.98. The van der Waals surface area contributed by atoms with Crippen LogP contribution in [0.3, 0.4) is 0 Å². The first kappa shape index (κ1) is 20.7. The van der Waals surface area contributed by atoms with E-state index in [9.17, 15) is 25.3 Å². The van der Waals surface area contributed by atoms with Crippen LogP contribution in [0, 0.1) is 0 Å². The van der Waals surface area contributed by atoms with Crippen LogP contribution in [0.2, 0.25) is 0 Å². The van der Waals surface area contributed by atoms with Crippen LogP contribution in [0.1, 0.15) is 0 Å². The summed E-state index contributed by atoms with van der Waals surface area (Å²) in [6, 6.07) is 11.4. The topological polar surface area (TPSA) is 118 Å². The van der Waals surface area contributed by atoms with Crippen LogP contribution in [0.5, 0.6) is 0 Å². The summed E-state index contributed by atoms with van der Waals surface area (Å²) in [5, 5.41) is 0. The standard InChI is InChI=1S/C14H15BrN2O6S3/c1-24(18,19)17(25(2,20)21)14-9-8-11(10-13(14)15)16-26(22,23)12-6-4-3-5-7-12/h3-10,16H,1-2H3. The van der Waals surface area contributed by atoms with Crippen molar-refractivity contribution in [1.82, 2.24) is 0 Å². The van der Waals surface area contributed by atoms with Crippen molar-refractivity contribution in [1.29, 1.82) is 0 Å². The van der Waals surface area contributed by atoms with Crippen molar-refractivity contribution < 1.29 is 25.3 Å². The number of anilines is 2. The zero-order valence-corrected chi connectivity index (χ0v) is 17.7. The lowest BCUT2D eigenvalue weighted by molar-refractivity contribution is 0.590. The predicted molar refractivity (Wildman–Crippen MR) is 104 cm³/mol. The number of benzene rings is 2. The molecular weight excluding hydrogens is 468 g/mol. The molecule has 0 saturated carbocycles. The fourth-order valence-electron chi connectivity index (χ4n) is 2.14. The van der Waals surface area contributed by atoms with Crippen LogP contribution in [-0.4, -0.2) is 37.8 Å². The Kier molecular flexibility index (Phi) is 5.71. The van der Waals surface area contributed by atoms with Crippen molar-refractivity contribution in [2.75, 3.05) is 20.9 Å². The van der Waals surface area contributed by atoms with Crippen molar-refractivity contribution in [3.05, 3.63) is 53.0 Å². The number of nitrogens with one attached hydrogen (secondary N) is 1. The maximum absolute atomic E-state index is 12.3. The first-order valence-electron chi connectivity index (χ1n) is 6.90. The Morgan fingerprint density at radius 3 is 1.85 bits per heavy atom. The Hall–Kier alpha value is -1.63. The first-order chi connectivity index (χ1) is 11.8. The van der Waals surface area contributed by atoms with Gasteiger partial charge in [-0.1, -0.05) is 18.2 Å². The van der Waals surface area contributed by atoms with E-state index in [4.69, 9.17) is 0 Å². The minimum absolute atomic E-state index is 0.0501. The van der Waals surface area contributed by atoms with Gasteiger partial charge in [-0.15, -0.1) is 0 Å². The molecule has 1 N–H and O–H groups in total. The van der Waals surface area contributed by atoms with Gasteiger partial charge in [0.15, 0.2) is 0 Å². The van der Waals surface area contributed by atoms with E-state index in [2.05, 4.69) is 20.7 Å². The third-order valence-electron chi connectivity index (χ3n) is 3.05. The van der Waals surface area contributed by atoms with Crippen molar-refractivity contribution in [3.63, 3.8) is 0 Å². The number of nitrogens with zero attached hydrogens (tertiary/aromatic N) is 1. The number of halogens is 1. The Morgan fingerprint density at radius 1 is 0.846 bits per heavy atom. The van der Waals surface area contributed by atoms with Crippen LogP contribution >= 0.6 is 15.9 Å². The molecule has 0 spiro atoms. The van der Waals surface area contributed by atoms with E-state index in [1.807, 2.05) is 0 Å². The molecule has 8 nitrogen and oxygen atoms in total. The van der Waals surface area contributed by atoms with Crippen LogP contribution in [0.25, 0.3) is 0 Å². The molecule has 26 heavy (non-hydrogen) atoms. The fraction of sp³-hybridized carbons (Fsp3) is 0.143. The molecule has 2 aromatic rings. The van der Waals surface area contributed by atoms with Gasteiger partial charge in [-0.3, -0.25) is 4.72 Å². The molecule has 0 saturated heterocycles. The molecule has 0 atom stereocenters. The van der Waals surface area contributed by atoms with E-state index in [0.717, 1.165) is 12.5 Å². The van der Waals surface area contributed by atoms with Gasteiger partial charge in [0, 0.05) is 4.47 Å². The van der Waals surface area contributed by atoms with Gasteiger partial charge in [0.05, 0.1) is 28.8 Å². The maximum atomic E-state index is 12.3. The van der Waals surface area contributed by atoms with Crippen molar-refractivity contribution in [2.24, 2.45) is 0 Å². The summed E-state index contributed by atoms with van der Waals surface area (Å²) in [5.74, 6) is 0. The molecule has 0 unspecified atom stereocenters. The monoisotopic (exact) mass is 482 g/mol.